The molecular formula is C43H57N5O8S. The number of rotatable bonds is 14. The summed E-state index contributed by atoms with van der Waals surface area (Å²) in [6, 6.07) is 23.6. The van der Waals surface area contributed by atoms with Gasteiger partial charge in [-0.2, -0.15) is 12.7 Å². The van der Waals surface area contributed by atoms with E-state index in [1.807, 2.05) is 69.3 Å². The van der Waals surface area contributed by atoms with Crippen LogP contribution in [0.25, 0.3) is 22.2 Å². The van der Waals surface area contributed by atoms with Crippen LogP contribution in [0, 0.1) is 0 Å². The first kappa shape index (κ1) is 42.1. The average Bonchev–Trinajstić information content (AvgIpc) is 3.49. The van der Waals surface area contributed by atoms with E-state index < -0.39 is 34.1 Å². The van der Waals surface area contributed by atoms with Gasteiger partial charge < -0.3 is 28.8 Å². The van der Waals surface area contributed by atoms with Gasteiger partial charge in [0.1, 0.15) is 18.0 Å². The van der Waals surface area contributed by atoms with Crippen molar-refractivity contribution in [2.24, 2.45) is 0 Å². The summed E-state index contributed by atoms with van der Waals surface area (Å²) >= 11 is 0. The van der Waals surface area contributed by atoms with Crippen LogP contribution in [-0.2, 0) is 37.5 Å². The first-order chi connectivity index (χ1) is 27.3. The number of carbonyl (C=O) groups is 2. The van der Waals surface area contributed by atoms with Gasteiger partial charge in [-0.1, -0.05) is 67.8 Å². The molecule has 2 heterocycles. The molecule has 2 aliphatic rings. The van der Waals surface area contributed by atoms with E-state index in [-0.39, 0.29) is 18.2 Å². The van der Waals surface area contributed by atoms with Gasteiger partial charge in [-0.25, -0.2) is 9.52 Å². The van der Waals surface area contributed by atoms with Gasteiger partial charge in [0.2, 0.25) is 0 Å². The minimum atomic E-state index is -4.23. The molecule has 14 heteroatoms. The predicted molar refractivity (Wildman–Crippen MR) is 220 cm³/mol. The molecule has 0 spiro atoms. The maximum atomic E-state index is 13.8. The van der Waals surface area contributed by atoms with Crippen LogP contribution >= 0.6 is 0 Å². The van der Waals surface area contributed by atoms with E-state index in [0.29, 0.717) is 38.7 Å². The maximum Gasteiger partial charge on any atom is 0.407 e. The highest BCUT2D eigenvalue weighted by Gasteiger charge is 2.33. The Morgan fingerprint density at radius 1 is 0.965 bits per heavy atom. The molecule has 0 unspecified atom stereocenters. The summed E-state index contributed by atoms with van der Waals surface area (Å²) in [6.07, 6.45) is 4.28. The Bertz CT molecular complexity index is 2110. The van der Waals surface area contributed by atoms with Crippen LogP contribution in [0.5, 0.6) is 5.75 Å². The molecule has 4 aromatic rings. The molecule has 1 aromatic heterocycles. The molecule has 2 amide bonds. The molecule has 2 N–H and O–H groups in total. The van der Waals surface area contributed by atoms with Crippen LogP contribution in [0.1, 0.15) is 80.3 Å². The lowest BCUT2D eigenvalue weighted by atomic mass is 9.81. The molecule has 0 saturated heterocycles. The molecule has 3 aromatic carbocycles. The van der Waals surface area contributed by atoms with Crippen molar-refractivity contribution in [3.8, 4) is 17.0 Å². The average molecular weight is 804 g/mol. The van der Waals surface area contributed by atoms with Crippen molar-refractivity contribution < 1.29 is 37.0 Å². The lowest BCUT2D eigenvalue weighted by Gasteiger charge is -2.35. The van der Waals surface area contributed by atoms with Crippen molar-refractivity contribution >= 4 is 33.1 Å². The molecule has 0 bridgehead atoms. The number of amides is 2. The van der Waals surface area contributed by atoms with E-state index in [0.717, 1.165) is 63.5 Å². The fourth-order valence-corrected chi connectivity index (χ4v) is 8.72. The van der Waals surface area contributed by atoms with Crippen molar-refractivity contribution in [1.29, 1.82) is 0 Å². The molecule has 308 valence electrons. The second-order valence-electron chi connectivity index (χ2n) is 15.9. The van der Waals surface area contributed by atoms with E-state index >= 15 is 0 Å². The first-order valence-electron chi connectivity index (χ1n) is 19.7. The normalized spacial score (nSPS) is 16.5. The van der Waals surface area contributed by atoms with Gasteiger partial charge >= 0.3 is 16.3 Å². The smallest absolute Gasteiger partial charge is 0.407 e. The Hall–Kier alpha value is -4.47. The fourth-order valence-electron chi connectivity index (χ4n) is 7.89. The number of para-hydroxylation sites is 1. The van der Waals surface area contributed by atoms with Crippen LogP contribution in [0.2, 0.25) is 0 Å². The summed E-state index contributed by atoms with van der Waals surface area (Å²) in [7, 11) is -0.0251. The highest BCUT2D eigenvalue weighted by atomic mass is 32.2. The van der Waals surface area contributed by atoms with E-state index in [9.17, 15) is 18.0 Å². The minimum Gasteiger partial charge on any atom is -0.491 e. The van der Waals surface area contributed by atoms with E-state index in [1.165, 1.54) is 33.3 Å². The molecule has 6 rings (SSSR count). The van der Waals surface area contributed by atoms with E-state index in [2.05, 4.69) is 37.7 Å². The highest BCUT2D eigenvalue weighted by molar-refractivity contribution is 7.87. The van der Waals surface area contributed by atoms with Crippen LogP contribution < -0.4 is 14.8 Å². The maximum absolute atomic E-state index is 13.8. The third-order valence-corrected chi connectivity index (χ3v) is 12.1. The minimum absolute atomic E-state index is 0.110. The second kappa shape index (κ2) is 18.4. The Kier molecular flexibility index (Phi) is 13.6. The van der Waals surface area contributed by atoms with Gasteiger partial charge in [-0.3, -0.25) is 9.69 Å². The number of aromatic nitrogens is 1. The number of alkyl carbamates (subject to hydrolysis) is 1. The summed E-state index contributed by atoms with van der Waals surface area (Å²) in [6.45, 7) is 7.74. The van der Waals surface area contributed by atoms with Crippen molar-refractivity contribution in [3.05, 3.63) is 89.5 Å². The van der Waals surface area contributed by atoms with Crippen molar-refractivity contribution in [3.63, 3.8) is 0 Å². The van der Waals surface area contributed by atoms with Gasteiger partial charge in [0, 0.05) is 69.5 Å². The number of methoxy groups -OCH3 is 2. The van der Waals surface area contributed by atoms with Gasteiger partial charge in [0.25, 0.3) is 5.91 Å². The Morgan fingerprint density at radius 2 is 1.67 bits per heavy atom. The van der Waals surface area contributed by atoms with Crippen molar-refractivity contribution in [2.45, 2.75) is 89.8 Å². The third kappa shape index (κ3) is 10.3. The number of likely N-dealkylation sites (N-methyl/N-ethyl adjacent to an activating group) is 1. The zero-order valence-electron chi connectivity index (χ0n) is 34.0. The van der Waals surface area contributed by atoms with Gasteiger partial charge in [-0.05, 0) is 74.9 Å². The fraction of sp³-hybridized carbons (Fsp3) is 0.488. The third-order valence-electron chi connectivity index (χ3n) is 10.7. The first-order valence-corrected chi connectivity index (χ1v) is 21.2. The van der Waals surface area contributed by atoms with Crippen LogP contribution in [-0.4, -0.2) is 99.6 Å². The number of nitrogens with one attached hydrogen (secondary N) is 2. The molecule has 1 fully saturated rings. The Balaban J connectivity index is 1.43. The summed E-state index contributed by atoms with van der Waals surface area (Å²) in [4.78, 5) is 28.8. The standard InChI is InChI=1S/C43H57N5O8S/c1-43(2,3)56-42(50)44-23-24-47(26-30-15-9-7-10-16-30)33-27-48-36-25-32(41(49)45-57(51,52)46(4)28-38(53-5)54-6)21-22-34(36)39(31-17-11-8-12-18-31)40(48)35-19-13-14-20-37(35)55-29-33/h7,9-10,13-16,19-22,25,31,33,38H,8,11-12,17-18,23-24,26-29H2,1-6H3,(H,44,50)(H,45,49)/t33-/m1/s1. The van der Waals surface area contributed by atoms with Gasteiger partial charge in [-0.15, -0.1) is 0 Å². The number of benzene rings is 3. The topological polar surface area (TPSA) is 141 Å². The lowest BCUT2D eigenvalue weighted by Crippen LogP contribution is -2.46. The molecule has 1 saturated carbocycles. The highest BCUT2D eigenvalue weighted by Crippen LogP contribution is 2.47. The summed E-state index contributed by atoms with van der Waals surface area (Å²) in [5.41, 5.74) is 4.82. The number of carbonyl (C=O) groups excluding carboxylic acids is 2. The summed E-state index contributed by atoms with van der Waals surface area (Å²) in [5.74, 6) is 0.326. The second-order valence-corrected chi connectivity index (χ2v) is 17.7. The summed E-state index contributed by atoms with van der Waals surface area (Å²) < 4.78 is 54.8. The SMILES string of the molecule is COC(CN(C)S(=O)(=O)NC(=O)c1ccc2c(C3CCCCC3)c3n(c2c1)C[C@@H](N(CCNC(=O)OC(C)(C)C)Cc1ccccc1)COc1ccccc1-3)OC. The number of nitrogens with zero attached hydrogens (tertiary/aromatic N) is 3. The lowest BCUT2D eigenvalue weighted by molar-refractivity contribution is -0.106. The van der Waals surface area contributed by atoms with E-state index in [1.54, 1.807) is 6.07 Å². The largest absolute Gasteiger partial charge is 0.491 e. The van der Waals surface area contributed by atoms with Crippen LogP contribution in [0.15, 0.2) is 72.8 Å². The Labute approximate surface area is 336 Å². The number of hydrogen-bond donors (Lipinski definition) is 2. The molecular weight excluding hydrogens is 747 g/mol. The Morgan fingerprint density at radius 3 is 2.37 bits per heavy atom. The number of hydrogen-bond acceptors (Lipinski definition) is 9. The van der Waals surface area contributed by atoms with Gasteiger partial charge in [0.05, 0.1) is 18.3 Å². The predicted octanol–water partition coefficient (Wildman–Crippen LogP) is 6.67. The number of fused-ring (bicyclic) bond motifs is 5. The molecule has 57 heavy (non-hydrogen) atoms. The molecule has 1 atom stereocenters. The monoisotopic (exact) mass is 803 g/mol. The zero-order chi connectivity index (χ0) is 40.7. The van der Waals surface area contributed by atoms with Crippen molar-refractivity contribution in [1.82, 2.24) is 23.8 Å². The molecule has 1 aliphatic heterocycles. The van der Waals surface area contributed by atoms with Crippen LogP contribution in [0.3, 0.4) is 0 Å². The van der Waals surface area contributed by atoms with Crippen molar-refractivity contribution in [2.75, 3.05) is 47.5 Å². The molecule has 0 radical (unpaired) electrons. The number of ether oxygens (including phenoxy) is 4. The molecule has 1 aliphatic carbocycles. The van der Waals surface area contributed by atoms with E-state index in [4.69, 9.17) is 18.9 Å². The quantitative estimate of drug-likeness (QED) is 0.134. The summed E-state index contributed by atoms with van der Waals surface area (Å²) in [5, 5.41) is 3.97. The van der Waals surface area contributed by atoms with Gasteiger partial charge in [0.15, 0.2) is 6.29 Å². The zero-order valence-corrected chi connectivity index (χ0v) is 34.8. The van der Waals surface area contributed by atoms with Crippen LogP contribution in [0.4, 0.5) is 4.79 Å². The molecule has 13 nitrogen and oxygen atoms in total.